The smallest absolute Gasteiger partial charge is 0.278 e. The molecule has 94 valence electrons. The van der Waals surface area contributed by atoms with E-state index in [9.17, 15) is 4.79 Å². The number of aryl methyl sites for hydroxylation is 4. The van der Waals surface area contributed by atoms with Crippen LogP contribution >= 0.6 is 11.3 Å². The van der Waals surface area contributed by atoms with Gasteiger partial charge in [0.2, 0.25) is 0 Å². The standard InChI is InChI=1S/C12H14N4OS/c1-7-6-16(2)15-10(7)11(17)14-12-13-8-4-3-5-9(8)18-12/h6H,3-5H2,1-2H3,(H,13,14,17). The summed E-state index contributed by atoms with van der Waals surface area (Å²) in [6.45, 7) is 1.88. The molecule has 2 aromatic rings. The molecule has 6 heteroatoms. The van der Waals surface area contributed by atoms with Gasteiger partial charge in [0.05, 0.1) is 5.69 Å². The van der Waals surface area contributed by atoms with Crippen molar-refractivity contribution < 1.29 is 4.79 Å². The van der Waals surface area contributed by atoms with E-state index in [1.165, 1.54) is 11.3 Å². The van der Waals surface area contributed by atoms with Gasteiger partial charge in [-0.05, 0) is 26.2 Å². The van der Waals surface area contributed by atoms with Crippen molar-refractivity contribution in [3.8, 4) is 0 Å². The van der Waals surface area contributed by atoms with Gasteiger partial charge in [0.25, 0.3) is 5.91 Å². The van der Waals surface area contributed by atoms with Gasteiger partial charge in [0.1, 0.15) is 0 Å². The van der Waals surface area contributed by atoms with Gasteiger partial charge in [-0.15, -0.1) is 11.3 Å². The molecular weight excluding hydrogens is 248 g/mol. The monoisotopic (exact) mass is 262 g/mol. The zero-order chi connectivity index (χ0) is 12.7. The van der Waals surface area contributed by atoms with Crippen LogP contribution in [0.1, 0.15) is 33.0 Å². The fourth-order valence-electron chi connectivity index (χ4n) is 2.23. The fraction of sp³-hybridized carbons (Fsp3) is 0.417. The lowest BCUT2D eigenvalue weighted by atomic mass is 10.3. The van der Waals surface area contributed by atoms with Gasteiger partial charge in [0.15, 0.2) is 10.8 Å². The lowest BCUT2D eigenvalue weighted by molar-refractivity contribution is 0.102. The molecule has 2 heterocycles. The second-order valence-corrected chi connectivity index (χ2v) is 5.61. The van der Waals surface area contributed by atoms with Crippen molar-refractivity contribution in [1.29, 1.82) is 0 Å². The van der Waals surface area contributed by atoms with Crippen LogP contribution in [0.2, 0.25) is 0 Å². The first-order valence-corrected chi connectivity index (χ1v) is 6.75. The molecule has 0 spiro atoms. The Morgan fingerprint density at radius 3 is 3.00 bits per heavy atom. The molecule has 0 atom stereocenters. The molecule has 0 radical (unpaired) electrons. The van der Waals surface area contributed by atoms with E-state index in [1.807, 2.05) is 20.2 Å². The van der Waals surface area contributed by atoms with Crippen LogP contribution in [0.15, 0.2) is 6.20 Å². The first kappa shape index (κ1) is 11.4. The van der Waals surface area contributed by atoms with Crippen molar-refractivity contribution in [1.82, 2.24) is 14.8 Å². The number of amides is 1. The molecule has 0 fully saturated rings. The first-order valence-electron chi connectivity index (χ1n) is 5.93. The summed E-state index contributed by atoms with van der Waals surface area (Å²) in [4.78, 5) is 17.8. The van der Waals surface area contributed by atoms with Crippen molar-refractivity contribution >= 4 is 22.4 Å². The van der Waals surface area contributed by atoms with E-state index in [0.29, 0.717) is 10.8 Å². The van der Waals surface area contributed by atoms with E-state index >= 15 is 0 Å². The summed E-state index contributed by atoms with van der Waals surface area (Å²) >= 11 is 1.58. The predicted octanol–water partition coefficient (Wildman–Crippen LogP) is 1.93. The number of anilines is 1. The van der Waals surface area contributed by atoms with Crippen LogP contribution in [0.25, 0.3) is 0 Å². The summed E-state index contributed by atoms with van der Waals surface area (Å²) < 4.78 is 1.64. The van der Waals surface area contributed by atoms with Crippen molar-refractivity contribution in [2.75, 3.05) is 5.32 Å². The van der Waals surface area contributed by atoms with Crippen LogP contribution in [-0.4, -0.2) is 20.7 Å². The number of carbonyl (C=O) groups is 1. The number of nitrogens with zero attached hydrogens (tertiary/aromatic N) is 3. The third-order valence-electron chi connectivity index (χ3n) is 3.04. The van der Waals surface area contributed by atoms with Crippen LogP contribution in [0, 0.1) is 6.92 Å². The fourth-order valence-corrected chi connectivity index (χ4v) is 3.28. The number of hydrogen-bond donors (Lipinski definition) is 1. The van der Waals surface area contributed by atoms with Gasteiger partial charge in [-0.1, -0.05) is 0 Å². The third-order valence-corrected chi connectivity index (χ3v) is 4.12. The SMILES string of the molecule is Cc1cn(C)nc1C(=O)Nc1nc2c(s1)CCC2. The number of fused-ring (bicyclic) bond motifs is 1. The quantitative estimate of drug-likeness (QED) is 0.899. The van der Waals surface area contributed by atoms with E-state index in [0.717, 1.165) is 24.1 Å². The highest BCUT2D eigenvalue weighted by molar-refractivity contribution is 7.15. The molecular formula is C12H14N4OS. The van der Waals surface area contributed by atoms with E-state index in [2.05, 4.69) is 15.4 Å². The number of thiazole rings is 1. The molecule has 1 aliphatic carbocycles. The predicted molar refractivity (Wildman–Crippen MR) is 70.0 cm³/mol. The average molecular weight is 262 g/mol. The minimum absolute atomic E-state index is 0.180. The second kappa shape index (κ2) is 4.20. The highest BCUT2D eigenvalue weighted by Gasteiger charge is 2.19. The molecule has 2 aromatic heterocycles. The van der Waals surface area contributed by atoms with Gasteiger partial charge >= 0.3 is 0 Å². The maximum Gasteiger partial charge on any atom is 0.278 e. The van der Waals surface area contributed by atoms with Crippen molar-refractivity contribution in [3.05, 3.63) is 28.0 Å². The molecule has 0 saturated carbocycles. The van der Waals surface area contributed by atoms with E-state index < -0.39 is 0 Å². The molecule has 1 N–H and O–H groups in total. The van der Waals surface area contributed by atoms with Gasteiger partial charge in [-0.25, -0.2) is 4.98 Å². The topological polar surface area (TPSA) is 59.8 Å². The Bertz CT molecular complexity index is 592. The summed E-state index contributed by atoms with van der Waals surface area (Å²) in [6.07, 6.45) is 5.13. The van der Waals surface area contributed by atoms with Crippen molar-refractivity contribution in [2.24, 2.45) is 7.05 Å². The number of aromatic nitrogens is 3. The maximum absolute atomic E-state index is 12.1. The largest absolute Gasteiger partial charge is 0.296 e. The Hall–Kier alpha value is -1.69. The maximum atomic E-state index is 12.1. The highest BCUT2D eigenvalue weighted by atomic mass is 32.1. The number of nitrogens with one attached hydrogen (secondary N) is 1. The minimum atomic E-state index is -0.180. The summed E-state index contributed by atoms with van der Waals surface area (Å²) in [7, 11) is 1.81. The molecule has 1 aliphatic rings. The lowest BCUT2D eigenvalue weighted by Gasteiger charge is -1.99. The zero-order valence-corrected chi connectivity index (χ0v) is 11.2. The number of rotatable bonds is 2. The van der Waals surface area contributed by atoms with Crippen LogP contribution in [0.4, 0.5) is 5.13 Å². The first-order chi connectivity index (χ1) is 8.63. The summed E-state index contributed by atoms with van der Waals surface area (Å²) in [6, 6.07) is 0. The van der Waals surface area contributed by atoms with Gasteiger partial charge in [0, 0.05) is 23.7 Å². The molecule has 1 amide bonds. The third kappa shape index (κ3) is 1.92. The normalized spacial score (nSPS) is 13.7. The van der Waals surface area contributed by atoms with Gasteiger partial charge in [-0.2, -0.15) is 5.10 Å². The van der Waals surface area contributed by atoms with Crippen LogP contribution in [-0.2, 0) is 19.9 Å². The van der Waals surface area contributed by atoms with Crippen LogP contribution < -0.4 is 5.32 Å². The molecule has 0 aromatic carbocycles. The van der Waals surface area contributed by atoms with Crippen molar-refractivity contribution in [3.63, 3.8) is 0 Å². The Morgan fingerprint density at radius 2 is 2.33 bits per heavy atom. The molecule has 3 rings (SSSR count). The molecule has 0 unspecified atom stereocenters. The Morgan fingerprint density at radius 1 is 1.50 bits per heavy atom. The molecule has 5 nitrogen and oxygen atoms in total. The molecule has 0 bridgehead atoms. The Balaban J connectivity index is 1.79. The Kier molecular flexibility index (Phi) is 2.66. The molecule has 0 aliphatic heterocycles. The Labute approximate surface area is 109 Å². The van der Waals surface area contributed by atoms with Gasteiger partial charge in [-0.3, -0.25) is 14.8 Å². The second-order valence-electron chi connectivity index (χ2n) is 4.53. The van der Waals surface area contributed by atoms with Gasteiger partial charge < -0.3 is 0 Å². The highest BCUT2D eigenvalue weighted by Crippen LogP contribution is 2.30. The minimum Gasteiger partial charge on any atom is -0.296 e. The molecule has 18 heavy (non-hydrogen) atoms. The van der Waals surface area contributed by atoms with E-state index in [4.69, 9.17) is 0 Å². The summed E-state index contributed by atoms with van der Waals surface area (Å²) in [5.74, 6) is -0.180. The summed E-state index contributed by atoms with van der Waals surface area (Å²) in [5.41, 5.74) is 2.49. The zero-order valence-electron chi connectivity index (χ0n) is 10.4. The summed E-state index contributed by atoms with van der Waals surface area (Å²) in [5, 5.41) is 7.68. The lowest BCUT2D eigenvalue weighted by Crippen LogP contribution is -2.14. The molecule has 0 saturated heterocycles. The van der Waals surface area contributed by atoms with Crippen LogP contribution in [0.5, 0.6) is 0 Å². The average Bonchev–Trinajstić information content (AvgIpc) is 2.92. The van der Waals surface area contributed by atoms with Crippen molar-refractivity contribution in [2.45, 2.75) is 26.2 Å². The number of hydrogen-bond acceptors (Lipinski definition) is 4. The van der Waals surface area contributed by atoms with E-state index in [1.54, 1.807) is 16.0 Å². The number of carbonyl (C=O) groups excluding carboxylic acids is 1. The van der Waals surface area contributed by atoms with E-state index in [-0.39, 0.29) is 5.91 Å². The van der Waals surface area contributed by atoms with Crippen LogP contribution in [0.3, 0.4) is 0 Å².